The summed E-state index contributed by atoms with van der Waals surface area (Å²) in [7, 11) is 0. The van der Waals surface area contributed by atoms with Crippen LogP contribution >= 0.6 is 11.8 Å². The fraction of sp³-hybridized carbons (Fsp3) is 0.150. The number of carbonyl (C=O) groups excluding carboxylic acids is 1. The summed E-state index contributed by atoms with van der Waals surface area (Å²) in [6.45, 7) is 4.58. The Kier molecular flexibility index (Phi) is 5.46. The van der Waals surface area contributed by atoms with Crippen LogP contribution in [0.5, 0.6) is 0 Å². The molecular weight excluding hydrogens is 330 g/mol. The summed E-state index contributed by atoms with van der Waals surface area (Å²) in [5.41, 5.74) is 3.94. The van der Waals surface area contributed by atoms with Gasteiger partial charge in [0.05, 0.1) is 5.56 Å². The van der Waals surface area contributed by atoms with Gasteiger partial charge in [-0.25, -0.2) is 4.98 Å². The van der Waals surface area contributed by atoms with Crippen LogP contribution in [0.25, 0.3) is 0 Å². The molecule has 0 bridgehead atoms. The maximum Gasteiger partial charge on any atom is 0.254 e. The second-order valence-corrected chi connectivity index (χ2v) is 6.80. The van der Waals surface area contributed by atoms with Crippen LogP contribution < -0.4 is 5.32 Å². The molecule has 0 fully saturated rings. The summed E-state index contributed by atoms with van der Waals surface area (Å²) in [6, 6.07) is 13.6. The van der Waals surface area contributed by atoms with Gasteiger partial charge in [0.1, 0.15) is 5.03 Å². The summed E-state index contributed by atoms with van der Waals surface area (Å²) in [4.78, 5) is 22.1. The van der Waals surface area contributed by atoms with Crippen LogP contribution in [0, 0.1) is 13.8 Å². The molecule has 0 aliphatic rings. The predicted molar refractivity (Wildman–Crippen MR) is 99.7 cm³/mol. The van der Waals surface area contributed by atoms with Crippen molar-refractivity contribution < 1.29 is 4.79 Å². The van der Waals surface area contributed by atoms with Crippen molar-refractivity contribution >= 4 is 17.7 Å². The number of benzene rings is 1. The van der Waals surface area contributed by atoms with E-state index in [0.717, 1.165) is 10.5 Å². The van der Waals surface area contributed by atoms with E-state index in [-0.39, 0.29) is 5.91 Å². The van der Waals surface area contributed by atoms with E-state index in [1.54, 1.807) is 30.7 Å². The van der Waals surface area contributed by atoms with E-state index in [1.807, 2.05) is 12.1 Å². The van der Waals surface area contributed by atoms with Crippen LogP contribution in [0.2, 0.25) is 0 Å². The van der Waals surface area contributed by atoms with Gasteiger partial charge in [-0.05, 0) is 49.2 Å². The second kappa shape index (κ2) is 7.94. The number of pyridine rings is 2. The van der Waals surface area contributed by atoms with Gasteiger partial charge in [-0.1, -0.05) is 35.5 Å². The molecule has 25 heavy (non-hydrogen) atoms. The highest BCUT2D eigenvalue weighted by atomic mass is 32.2. The minimum atomic E-state index is -0.135. The minimum absolute atomic E-state index is 0.135. The lowest BCUT2D eigenvalue weighted by Gasteiger charge is -2.10. The number of aromatic nitrogens is 2. The summed E-state index contributed by atoms with van der Waals surface area (Å²) < 4.78 is 0. The van der Waals surface area contributed by atoms with Crippen LogP contribution in [0.15, 0.2) is 71.0 Å². The van der Waals surface area contributed by atoms with E-state index in [9.17, 15) is 4.79 Å². The molecule has 0 atom stereocenters. The van der Waals surface area contributed by atoms with Gasteiger partial charge in [-0.2, -0.15) is 0 Å². The van der Waals surface area contributed by atoms with E-state index in [2.05, 4.69) is 47.3 Å². The molecule has 2 heterocycles. The lowest BCUT2D eigenvalue weighted by Crippen LogP contribution is -2.23. The first-order valence-corrected chi connectivity index (χ1v) is 8.82. The topological polar surface area (TPSA) is 54.9 Å². The van der Waals surface area contributed by atoms with E-state index in [1.165, 1.54) is 22.9 Å². The molecular formula is C20H19N3OS. The monoisotopic (exact) mass is 349 g/mol. The first-order valence-electron chi connectivity index (χ1n) is 8.01. The van der Waals surface area contributed by atoms with Gasteiger partial charge in [0.25, 0.3) is 5.91 Å². The molecule has 1 aromatic carbocycles. The van der Waals surface area contributed by atoms with Crippen LogP contribution in [0.4, 0.5) is 0 Å². The molecule has 0 unspecified atom stereocenters. The average molecular weight is 349 g/mol. The normalized spacial score (nSPS) is 10.5. The SMILES string of the molecule is Cc1ccc(Sc2ncccc2C(=O)NCc2cccnc2)c(C)c1. The van der Waals surface area contributed by atoms with Crippen LogP contribution in [0.1, 0.15) is 27.0 Å². The van der Waals surface area contributed by atoms with Gasteiger partial charge in [0.15, 0.2) is 0 Å². The maximum atomic E-state index is 12.6. The van der Waals surface area contributed by atoms with Crippen molar-refractivity contribution in [3.8, 4) is 0 Å². The Morgan fingerprint density at radius 1 is 1.12 bits per heavy atom. The third kappa shape index (κ3) is 4.45. The van der Waals surface area contributed by atoms with Gasteiger partial charge in [0, 0.05) is 30.0 Å². The summed E-state index contributed by atoms with van der Waals surface area (Å²) in [5, 5.41) is 3.64. The molecule has 1 amide bonds. The molecule has 4 nitrogen and oxygen atoms in total. The molecule has 3 rings (SSSR count). The molecule has 0 aliphatic heterocycles. The van der Waals surface area contributed by atoms with E-state index < -0.39 is 0 Å². The predicted octanol–water partition coefficient (Wildman–Crippen LogP) is 4.17. The Balaban J connectivity index is 1.77. The molecule has 0 aliphatic carbocycles. The number of hydrogen-bond acceptors (Lipinski definition) is 4. The zero-order valence-corrected chi connectivity index (χ0v) is 15.0. The minimum Gasteiger partial charge on any atom is -0.348 e. The van der Waals surface area contributed by atoms with E-state index in [0.29, 0.717) is 17.1 Å². The molecule has 2 aromatic heterocycles. The standard InChI is InChI=1S/C20H19N3OS/c1-14-7-8-18(15(2)11-14)25-20-17(6-4-10-22-20)19(24)23-13-16-5-3-9-21-12-16/h3-12H,13H2,1-2H3,(H,23,24). The quantitative estimate of drug-likeness (QED) is 0.751. The van der Waals surface area contributed by atoms with Crippen molar-refractivity contribution in [3.63, 3.8) is 0 Å². The van der Waals surface area contributed by atoms with Gasteiger partial charge in [-0.3, -0.25) is 9.78 Å². The number of nitrogens with one attached hydrogen (secondary N) is 1. The van der Waals surface area contributed by atoms with E-state index in [4.69, 9.17) is 0 Å². The first kappa shape index (κ1) is 17.2. The second-order valence-electron chi connectivity index (χ2n) is 5.77. The van der Waals surface area contributed by atoms with Crippen molar-refractivity contribution in [2.45, 2.75) is 30.3 Å². The van der Waals surface area contributed by atoms with Gasteiger partial charge >= 0.3 is 0 Å². The average Bonchev–Trinajstić information content (AvgIpc) is 2.63. The lowest BCUT2D eigenvalue weighted by molar-refractivity contribution is 0.0947. The molecule has 3 aromatic rings. The van der Waals surface area contributed by atoms with Crippen LogP contribution in [-0.4, -0.2) is 15.9 Å². The van der Waals surface area contributed by atoms with Gasteiger partial charge in [0.2, 0.25) is 0 Å². The van der Waals surface area contributed by atoms with Crippen molar-refractivity contribution in [2.75, 3.05) is 0 Å². The largest absolute Gasteiger partial charge is 0.348 e. The number of rotatable bonds is 5. The number of aryl methyl sites for hydroxylation is 2. The summed E-state index contributed by atoms with van der Waals surface area (Å²) in [5.74, 6) is -0.135. The number of carbonyl (C=O) groups is 1. The fourth-order valence-corrected chi connectivity index (χ4v) is 3.39. The zero-order chi connectivity index (χ0) is 17.6. The molecule has 5 heteroatoms. The first-order chi connectivity index (χ1) is 12.1. The van der Waals surface area contributed by atoms with Crippen LogP contribution in [0.3, 0.4) is 0 Å². The van der Waals surface area contributed by atoms with Gasteiger partial charge in [-0.15, -0.1) is 0 Å². The fourth-order valence-electron chi connectivity index (χ4n) is 2.44. The Hall–Kier alpha value is -2.66. The van der Waals surface area contributed by atoms with Gasteiger partial charge < -0.3 is 5.32 Å². The number of nitrogens with zero attached hydrogens (tertiary/aromatic N) is 2. The Bertz CT molecular complexity index is 881. The molecule has 0 saturated carbocycles. The number of amides is 1. The third-order valence-corrected chi connectivity index (χ3v) is 4.93. The zero-order valence-electron chi connectivity index (χ0n) is 14.2. The highest BCUT2D eigenvalue weighted by Gasteiger charge is 2.14. The Labute approximate surface area is 151 Å². The number of hydrogen-bond donors (Lipinski definition) is 1. The highest BCUT2D eigenvalue weighted by molar-refractivity contribution is 7.99. The Morgan fingerprint density at radius 2 is 1.96 bits per heavy atom. The van der Waals surface area contributed by atoms with E-state index >= 15 is 0 Å². The molecule has 126 valence electrons. The maximum absolute atomic E-state index is 12.6. The lowest BCUT2D eigenvalue weighted by atomic mass is 10.2. The van der Waals surface area contributed by atoms with Crippen molar-refractivity contribution in [3.05, 3.63) is 83.3 Å². The van der Waals surface area contributed by atoms with Crippen LogP contribution in [-0.2, 0) is 6.54 Å². The van der Waals surface area contributed by atoms with Crippen molar-refractivity contribution in [1.82, 2.24) is 15.3 Å². The van der Waals surface area contributed by atoms with Crippen molar-refractivity contribution in [1.29, 1.82) is 0 Å². The molecule has 0 radical (unpaired) electrons. The molecule has 1 N–H and O–H groups in total. The molecule has 0 spiro atoms. The van der Waals surface area contributed by atoms with Crippen molar-refractivity contribution in [2.24, 2.45) is 0 Å². The smallest absolute Gasteiger partial charge is 0.254 e. The summed E-state index contributed by atoms with van der Waals surface area (Å²) in [6.07, 6.45) is 5.17. The highest BCUT2D eigenvalue weighted by Crippen LogP contribution is 2.31. The Morgan fingerprint density at radius 3 is 2.72 bits per heavy atom. The third-order valence-electron chi connectivity index (χ3n) is 3.73. The molecule has 0 saturated heterocycles. The summed E-state index contributed by atoms with van der Waals surface area (Å²) >= 11 is 1.52.